The van der Waals surface area contributed by atoms with Crippen LogP contribution in [0, 0.1) is 0 Å². The summed E-state index contributed by atoms with van der Waals surface area (Å²) in [7, 11) is -2.54. The molecule has 21 nitrogen and oxygen atoms in total. The Labute approximate surface area is 290 Å². The number of carbonyl (C=O) groups excluding carboxylic acids is 4. The second-order valence-electron chi connectivity index (χ2n) is 11.3. The van der Waals surface area contributed by atoms with Gasteiger partial charge in [0.05, 0.1) is 19.2 Å². The van der Waals surface area contributed by atoms with Gasteiger partial charge in [-0.3, -0.25) is 28.8 Å². The van der Waals surface area contributed by atoms with Crippen LogP contribution in [-0.4, -0.2) is 137 Å². The molecule has 0 radical (unpaired) electrons. The number of fused-ring (bicyclic) bond motifs is 2. The van der Waals surface area contributed by atoms with Crippen molar-refractivity contribution in [3.05, 3.63) is 34.7 Å². The Balaban J connectivity index is 0.000000210. The highest BCUT2D eigenvalue weighted by Crippen LogP contribution is 2.46. The number of oxime groups is 1. The fraction of sp³-hybridized carbons (Fsp3) is 0.462. The number of hydrogen-bond donors (Lipinski definition) is 4. The predicted molar refractivity (Wildman–Crippen MR) is 170 cm³/mol. The maximum Gasteiger partial charge on any atom is 0.352 e. The molecule has 6 heterocycles. The van der Waals surface area contributed by atoms with Crippen LogP contribution < -0.4 is 11.1 Å². The first-order valence-corrected chi connectivity index (χ1v) is 17.8. The number of esters is 1. The molecule has 3 amide bonds. The van der Waals surface area contributed by atoms with Gasteiger partial charge in [-0.15, -0.1) is 28.2 Å². The van der Waals surface area contributed by atoms with Crippen LogP contribution in [0.3, 0.4) is 0 Å². The fourth-order valence-corrected chi connectivity index (χ4v) is 10.0. The first-order valence-electron chi connectivity index (χ1n) is 14.3. The van der Waals surface area contributed by atoms with E-state index in [-0.39, 0.29) is 47.6 Å². The summed E-state index contributed by atoms with van der Waals surface area (Å²) < 4.78 is 29.6. The standard InChI is InChI=1S/C16H17N5O7S2.C10H12N4O5S/c1-6(22)28-3-7-4-29-14-10(13(24)21(14)11(7)15(25)26)19-12(23)9(20-27-2)8-5-30-16(17)18-8;1-10(5-13-3-2-11-12-13)8(9(16)17)14-6(15)4-7(14)20(10,18)19/h5,10,14H,3-4H2,1-2H3,(H2,17,18)(H,19,23)(H,25,26);2-3,7-8H,4-5H2,1H3,(H,16,17)/b20-9-;/t10-,14-;7-,8+,10+/m11/s1. The number of hydrogen-bond acceptors (Lipinski definition) is 17. The van der Waals surface area contributed by atoms with Gasteiger partial charge >= 0.3 is 17.9 Å². The van der Waals surface area contributed by atoms with Gasteiger partial charge in [0, 0.05) is 29.8 Å². The maximum absolute atomic E-state index is 12.7. The molecule has 0 aromatic carbocycles. The molecule has 0 bridgehead atoms. The van der Waals surface area contributed by atoms with E-state index in [4.69, 9.17) is 10.5 Å². The zero-order chi connectivity index (χ0) is 36.7. The van der Waals surface area contributed by atoms with Gasteiger partial charge in [0.25, 0.3) is 11.8 Å². The van der Waals surface area contributed by atoms with E-state index in [1.54, 1.807) is 0 Å². The highest BCUT2D eigenvalue weighted by Gasteiger charge is 2.70. The lowest BCUT2D eigenvalue weighted by Gasteiger charge is -2.49. The van der Waals surface area contributed by atoms with Crippen molar-refractivity contribution in [1.29, 1.82) is 0 Å². The number of nitrogens with one attached hydrogen (secondary N) is 1. The van der Waals surface area contributed by atoms with Crippen LogP contribution in [-0.2, 0) is 54.7 Å². The number of aromatic nitrogens is 4. The maximum atomic E-state index is 12.7. The summed E-state index contributed by atoms with van der Waals surface area (Å²) in [4.78, 5) is 81.8. The monoisotopic (exact) mass is 755 g/mol. The lowest BCUT2D eigenvalue weighted by atomic mass is 9.96. The van der Waals surface area contributed by atoms with Crippen molar-refractivity contribution in [3.8, 4) is 0 Å². The Morgan fingerprint density at radius 3 is 2.50 bits per heavy atom. The third-order valence-electron chi connectivity index (χ3n) is 8.14. The first kappa shape index (κ1) is 36.2. The number of carboxylic acids is 2. The van der Waals surface area contributed by atoms with E-state index in [1.165, 1.54) is 55.2 Å². The van der Waals surface area contributed by atoms with Crippen molar-refractivity contribution in [2.75, 3.05) is 25.2 Å². The minimum atomic E-state index is -3.80. The molecule has 50 heavy (non-hydrogen) atoms. The summed E-state index contributed by atoms with van der Waals surface area (Å²) in [5, 5.41) is 32.4. The molecule has 5 N–H and O–H groups in total. The van der Waals surface area contributed by atoms with Crippen LogP contribution in [0.15, 0.2) is 34.2 Å². The molecule has 5 atom stereocenters. The molecule has 268 valence electrons. The summed E-state index contributed by atoms with van der Waals surface area (Å²) >= 11 is 2.35. The number of carboxylic acid groups (broad SMARTS) is 2. The largest absolute Gasteiger partial charge is 0.480 e. The second kappa shape index (κ2) is 13.7. The van der Waals surface area contributed by atoms with E-state index in [9.17, 15) is 47.4 Å². The van der Waals surface area contributed by atoms with Gasteiger partial charge in [-0.1, -0.05) is 10.4 Å². The molecule has 4 aliphatic rings. The van der Waals surface area contributed by atoms with E-state index in [1.807, 2.05) is 0 Å². The van der Waals surface area contributed by atoms with Gasteiger partial charge in [0.1, 0.15) is 46.6 Å². The zero-order valence-electron chi connectivity index (χ0n) is 26.3. The summed E-state index contributed by atoms with van der Waals surface area (Å²) in [6.45, 7) is 2.16. The normalized spacial score (nSPS) is 26.4. The van der Waals surface area contributed by atoms with Gasteiger partial charge in [0.15, 0.2) is 26.7 Å². The number of aliphatic carboxylic acids is 2. The van der Waals surface area contributed by atoms with E-state index in [0.29, 0.717) is 5.57 Å². The Bertz CT molecular complexity index is 1930. The van der Waals surface area contributed by atoms with Crippen LogP contribution in [0.5, 0.6) is 0 Å². The smallest absolute Gasteiger partial charge is 0.352 e. The molecule has 3 saturated heterocycles. The molecular formula is C26H29N9O12S3. The molecule has 4 aliphatic heterocycles. The average molecular weight is 756 g/mol. The van der Waals surface area contributed by atoms with E-state index < -0.39 is 73.0 Å². The van der Waals surface area contributed by atoms with Crippen molar-refractivity contribution >= 4 is 79.4 Å². The molecule has 0 aliphatic carbocycles. The number of β-lactam (4-membered cyclic amide) rings is 2. The Morgan fingerprint density at radius 1 is 1.24 bits per heavy atom. The number of thiazole rings is 1. The van der Waals surface area contributed by atoms with E-state index >= 15 is 0 Å². The topological polar surface area (TPSA) is 296 Å². The zero-order valence-corrected chi connectivity index (χ0v) is 28.7. The number of nitrogen functional groups attached to an aromatic ring is 1. The fourth-order valence-electron chi connectivity index (χ4n) is 5.81. The molecule has 0 unspecified atom stereocenters. The van der Waals surface area contributed by atoms with E-state index in [2.05, 4.69) is 30.6 Å². The lowest BCUT2D eigenvalue weighted by Crippen LogP contribution is -2.71. The van der Waals surface area contributed by atoms with Crippen molar-refractivity contribution in [2.45, 2.75) is 54.4 Å². The quantitative estimate of drug-likeness (QED) is 0.0870. The summed E-state index contributed by atoms with van der Waals surface area (Å²) in [5.74, 6) is -4.76. The minimum Gasteiger partial charge on any atom is -0.480 e. The Hall–Kier alpha value is -5.10. The number of carbonyl (C=O) groups is 6. The summed E-state index contributed by atoms with van der Waals surface area (Å²) in [6, 6.07) is -2.37. The number of rotatable bonds is 10. The van der Waals surface area contributed by atoms with Crippen LogP contribution in [0.4, 0.5) is 5.13 Å². The van der Waals surface area contributed by atoms with Gasteiger partial charge < -0.3 is 35.7 Å². The van der Waals surface area contributed by atoms with Crippen molar-refractivity contribution < 1.29 is 57.0 Å². The minimum absolute atomic E-state index is 0.154. The summed E-state index contributed by atoms with van der Waals surface area (Å²) in [5.41, 5.74) is 5.67. The number of sulfone groups is 1. The first-order chi connectivity index (χ1) is 23.5. The van der Waals surface area contributed by atoms with Crippen molar-refractivity contribution in [1.82, 2.24) is 35.1 Å². The number of ether oxygens (including phenoxy) is 1. The third kappa shape index (κ3) is 6.24. The number of amides is 3. The van der Waals surface area contributed by atoms with Gasteiger partial charge in [0.2, 0.25) is 5.91 Å². The van der Waals surface area contributed by atoms with Crippen LogP contribution in [0.2, 0.25) is 0 Å². The van der Waals surface area contributed by atoms with Crippen molar-refractivity contribution in [2.24, 2.45) is 5.16 Å². The van der Waals surface area contributed by atoms with Crippen LogP contribution >= 0.6 is 23.1 Å². The molecule has 24 heteroatoms. The number of nitrogens with two attached hydrogens (primary N) is 1. The van der Waals surface area contributed by atoms with Crippen molar-refractivity contribution in [3.63, 3.8) is 0 Å². The highest BCUT2D eigenvalue weighted by molar-refractivity contribution is 8.00. The summed E-state index contributed by atoms with van der Waals surface area (Å²) in [6.07, 6.45) is 2.68. The Kier molecular flexibility index (Phi) is 9.89. The highest BCUT2D eigenvalue weighted by atomic mass is 32.2. The van der Waals surface area contributed by atoms with Gasteiger partial charge in [-0.25, -0.2) is 23.0 Å². The predicted octanol–water partition coefficient (Wildman–Crippen LogP) is -2.15. The molecule has 0 saturated carbocycles. The van der Waals surface area contributed by atoms with Crippen LogP contribution in [0.25, 0.3) is 0 Å². The Morgan fingerprint density at radius 2 is 1.96 bits per heavy atom. The van der Waals surface area contributed by atoms with Gasteiger partial charge in [-0.2, -0.15) is 0 Å². The molecule has 2 aromatic heterocycles. The average Bonchev–Trinajstić information content (AvgIpc) is 3.75. The SMILES string of the molecule is CO/N=C(\C(=O)N[C@@H]1C(=O)N2C(C(=O)O)=C(COC(C)=O)CS[C@H]12)c1csc(N)n1.C[C@]1(Cn2ccnn2)[C@H](C(=O)O)N2C(=O)C[C@H]2S1(=O)=O. The third-order valence-corrected chi connectivity index (χ3v) is 12.9. The number of anilines is 1. The number of nitrogens with zero attached hydrogens (tertiary/aromatic N) is 7. The van der Waals surface area contributed by atoms with Crippen LogP contribution in [0.1, 0.15) is 26.0 Å². The second-order valence-corrected chi connectivity index (χ2v) is 15.8. The molecule has 2 aromatic rings. The van der Waals surface area contributed by atoms with Gasteiger partial charge in [-0.05, 0) is 6.92 Å². The molecule has 6 rings (SSSR count). The van der Waals surface area contributed by atoms with E-state index in [0.717, 1.165) is 21.1 Å². The number of thioether (sulfide) groups is 1. The lowest BCUT2D eigenvalue weighted by molar-refractivity contribution is -0.157. The molecular weight excluding hydrogens is 727 g/mol. The molecule has 0 spiro atoms. The molecule has 3 fully saturated rings.